The summed E-state index contributed by atoms with van der Waals surface area (Å²) in [5.41, 5.74) is 2.45. The number of aliphatic hydroxyl groups excluding tert-OH is 2. The topological polar surface area (TPSA) is 68.2 Å². The van der Waals surface area contributed by atoms with Crippen molar-refractivity contribution in [2.45, 2.75) is 77.4 Å². The lowest BCUT2D eigenvalue weighted by atomic mass is 9.45. The maximum absolute atomic E-state index is 11.6. The van der Waals surface area contributed by atoms with Gasteiger partial charge in [-0.2, -0.15) is 0 Å². The molecule has 180 valence electrons. The summed E-state index contributed by atoms with van der Waals surface area (Å²) in [6.07, 6.45) is 10.5. The quantitative estimate of drug-likeness (QED) is 0.644. The van der Waals surface area contributed by atoms with Gasteiger partial charge in [-0.25, -0.2) is 0 Å². The molecule has 1 heterocycles. The van der Waals surface area contributed by atoms with Crippen LogP contribution < -0.4 is 14.2 Å². The zero-order valence-electron chi connectivity index (χ0n) is 20.2. The smallest absolute Gasteiger partial charge is 0.231 e. The highest BCUT2D eigenvalue weighted by Gasteiger charge is 2.61. The SMILES string of the molecule is COc1cc(/C=C2\C[C@H]3[C@@H]4CC[C@H]5C[C@@H](O)CC[C@]5(C)[C@H]4CC[C@]3(C)[C@H]2O)cc2c1OCO2. The molecule has 0 radical (unpaired) electrons. The van der Waals surface area contributed by atoms with Crippen molar-refractivity contribution in [1.29, 1.82) is 0 Å². The maximum atomic E-state index is 11.6. The van der Waals surface area contributed by atoms with Crippen LogP contribution in [0, 0.1) is 34.5 Å². The molecule has 5 heteroatoms. The predicted molar refractivity (Wildman–Crippen MR) is 126 cm³/mol. The van der Waals surface area contributed by atoms with Gasteiger partial charge in [0.05, 0.1) is 19.3 Å². The second-order valence-corrected chi connectivity index (χ2v) is 11.9. The Morgan fingerprint density at radius 3 is 2.64 bits per heavy atom. The molecule has 4 saturated carbocycles. The minimum Gasteiger partial charge on any atom is -0.493 e. The van der Waals surface area contributed by atoms with E-state index >= 15 is 0 Å². The third kappa shape index (κ3) is 3.18. The van der Waals surface area contributed by atoms with Crippen LogP contribution in [-0.2, 0) is 0 Å². The van der Waals surface area contributed by atoms with Gasteiger partial charge < -0.3 is 24.4 Å². The number of benzene rings is 1. The minimum absolute atomic E-state index is 0.0508. The van der Waals surface area contributed by atoms with Gasteiger partial charge in [0.25, 0.3) is 0 Å². The summed E-state index contributed by atoms with van der Waals surface area (Å²) in [4.78, 5) is 0. The first-order chi connectivity index (χ1) is 15.8. The highest BCUT2D eigenvalue weighted by molar-refractivity contribution is 5.65. The van der Waals surface area contributed by atoms with Crippen molar-refractivity contribution in [2.24, 2.45) is 34.5 Å². The molecule has 8 atom stereocenters. The van der Waals surface area contributed by atoms with Gasteiger partial charge in [-0.3, -0.25) is 0 Å². The van der Waals surface area contributed by atoms with Gasteiger partial charge in [-0.05, 0) is 104 Å². The van der Waals surface area contributed by atoms with Gasteiger partial charge in [-0.1, -0.05) is 19.9 Å². The van der Waals surface area contributed by atoms with E-state index in [1.54, 1.807) is 7.11 Å². The van der Waals surface area contributed by atoms with Gasteiger partial charge in [0.1, 0.15) is 0 Å². The van der Waals surface area contributed by atoms with Crippen LogP contribution >= 0.6 is 0 Å². The van der Waals surface area contributed by atoms with Gasteiger partial charge in [-0.15, -0.1) is 0 Å². The molecule has 0 amide bonds. The zero-order valence-corrected chi connectivity index (χ0v) is 20.2. The van der Waals surface area contributed by atoms with Crippen LogP contribution in [0.5, 0.6) is 17.2 Å². The van der Waals surface area contributed by atoms with E-state index in [-0.39, 0.29) is 18.3 Å². The zero-order chi connectivity index (χ0) is 23.0. The molecule has 1 aromatic carbocycles. The Morgan fingerprint density at radius 2 is 1.82 bits per heavy atom. The molecule has 4 fully saturated rings. The van der Waals surface area contributed by atoms with E-state index in [2.05, 4.69) is 19.9 Å². The van der Waals surface area contributed by atoms with E-state index in [1.165, 1.54) is 19.3 Å². The maximum Gasteiger partial charge on any atom is 0.231 e. The molecule has 5 nitrogen and oxygen atoms in total. The summed E-state index contributed by atoms with van der Waals surface area (Å²) in [7, 11) is 1.65. The molecule has 1 aromatic rings. The lowest BCUT2D eigenvalue weighted by molar-refractivity contribution is -0.133. The van der Waals surface area contributed by atoms with Crippen LogP contribution in [-0.4, -0.2) is 36.3 Å². The third-order valence-electron chi connectivity index (χ3n) is 10.5. The Bertz CT molecular complexity index is 971. The Kier molecular flexibility index (Phi) is 5.05. The molecule has 0 unspecified atom stereocenters. The molecule has 0 saturated heterocycles. The highest BCUT2D eigenvalue weighted by atomic mass is 16.7. The van der Waals surface area contributed by atoms with Gasteiger partial charge in [0, 0.05) is 5.41 Å². The first kappa shape index (κ1) is 21.8. The van der Waals surface area contributed by atoms with Crippen molar-refractivity contribution in [1.82, 2.24) is 0 Å². The molecule has 6 rings (SSSR count). The van der Waals surface area contributed by atoms with Gasteiger partial charge >= 0.3 is 0 Å². The van der Waals surface area contributed by atoms with Crippen LogP contribution in [0.25, 0.3) is 6.08 Å². The molecule has 0 aromatic heterocycles. The number of fused-ring (bicyclic) bond motifs is 6. The van der Waals surface area contributed by atoms with Crippen molar-refractivity contribution < 1.29 is 24.4 Å². The van der Waals surface area contributed by atoms with Crippen molar-refractivity contribution in [3.63, 3.8) is 0 Å². The molecule has 5 aliphatic rings. The fourth-order valence-corrected chi connectivity index (χ4v) is 8.68. The first-order valence-electron chi connectivity index (χ1n) is 12.9. The minimum atomic E-state index is -0.404. The predicted octanol–water partition coefficient (Wildman–Crippen LogP) is 5.18. The Morgan fingerprint density at radius 1 is 1.00 bits per heavy atom. The molecular formula is C28H38O5. The number of methoxy groups -OCH3 is 1. The second kappa shape index (κ2) is 7.64. The summed E-state index contributed by atoms with van der Waals surface area (Å²) in [6.45, 7) is 5.07. The standard InChI is InChI=1S/C28H38O5/c1-27-8-6-19(29)14-18(27)4-5-20-21(27)7-9-28(2)22(20)13-17(26(28)30)10-16-11-23(31-3)25-24(12-16)32-15-33-25/h10-12,18-22,26,29-30H,4-9,13-15H2,1-3H3/b17-10+/t18-,19-,20+,21-,22-,26-,27-,28-/m0/s1. The Labute approximate surface area is 197 Å². The lowest BCUT2D eigenvalue weighted by Gasteiger charge is -2.60. The second-order valence-electron chi connectivity index (χ2n) is 11.9. The largest absolute Gasteiger partial charge is 0.493 e. The third-order valence-corrected chi connectivity index (χ3v) is 10.5. The van der Waals surface area contributed by atoms with Crippen LogP contribution in [0.15, 0.2) is 17.7 Å². The van der Waals surface area contributed by atoms with Crippen LogP contribution in [0.3, 0.4) is 0 Å². The van der Waals surface area contributed by atoms with Crippen LogP contribution in [0.4, 0.5) is 0 Å². The summed E-state index contributed by atoms with van der Waals surface area (Å²) < 4.78 is 16.7. The van der Waals surface area contributed by atoms with Crippen LogP contribution in [0.1, 0.15) is 70.8 Å². The summed E-state index contributed by atoms with van der Waals surface area (Å²) in [5.74, 6) is 4.64. The highest BCUT2D eigenvalue weighted by Crippen LogP contribution is 2.67. The van der Waals surface area contributed by atoms with E-state index in [9.17, 15) is 10.2 Å². The Hall–Kier alpha value is -1.72. The molecule has 1 aliphatic heterocycles. The molecule has 33 heavy (non-hydrogen) atoms. The van der Waals surface area contributed by atoms with Crippen molar-refractivity contribution >= 4 is 6.08 Å². The van der Waals surface area contributed by atoms with Crippen molar-refractivity contribution in [3.05, 3.63) is 23.3 Å². The van der Waals surface area contributed by atoms with E-state index in [0.717, 1.165) is 49.2 Å². The molecule has 0 bridgehead atoms. The van der Waals surface area contributed by atoms with E-state index in [1.807, 2.05) is 12.1 Å². The summed E-state index contributed by atoms with van der Waals surface area (Å²) in [6, 6.07) is 3.98. The molecule has 0 spiro atoms. The number of hydrogen-bond acceptors (Lipinski definition) is 5. The van der Waals surface area contributed by atoms with Gasteiger partial charge in [0.2, 0.25) is 12.5 Å². The van der Waals surface area contributed by atoms with E-state index in [0.29, 0.717) is 40.4 Å². The number of rotatable bonds is 2. The molecule has 4 aliphatic carbocycles. The fourth-order valence-electron chi connectivity index (χ4n) is 8.68. The van der Waals surface area contributed by atoms with E-state index < -0.39 is 6.10 Å². The average Bonchev–Trinajstić information content (AvgIpc) is 3.37. The molecular weight excluding hydrogens is 416 g/mol. The first-order valence-corrected chi connectivity index (χ1v) is 12.9. The van der Waals surface area contributed by atoms with Crippen molar-refractivity contribution in [3.8, 4) is 17.2 Å². The monoisotopic (exact) mass is 454 g/mol. The normalized spacial score (nSPS) is 44.8. The van der Waals surface area contributed by atoms with Crippen LogP contribution in [0.2, 0.25) is 0 Å². The number of ether oxygens (including phenoxy) is 3. The van der Waals surface area contributed by atoms with Crippen molar-refractivity contribution in [2.75, 3.05) is 13.9 Å². The van der Waals surface area contributed by atoms with E-state index in [4.69, 9.17) is 14.2 Å². The Balaban J connectivity index is 1.30. The summed E-state index contributed by atoms with van der Waals surface area (Å²) in [5, 5.41) is 21.8. The fraction of sp³-hybridized carbons (Fsp3) is 0.714. The molecule has 2 N–H and O–H groups in total. The average molecular weight is 455 g/mol. The number of hydrogen-bond donors (Lipinski definition) is 2. The summed E-state index contributed by atoms with van der Waals surface area (Å²) >= 11 is 0. The number of aliphatic hydroxyl groups is 2. The van der Waals surface area contributed by atoms with Gasteiger partial charge in [0.15, 0.2) is 11.5 Å². The lowest BCUT2D eigenvalue weighted by Crippen LogP contribution is -2.54.